The van der Waals surface area contributed by atoms with Crippen molar-refractivity contribution in [2.24, 2.45) is 0 Å². The van der Waals surface area contributed by atoms with Gasteiger partial charge in [-0.3, -0.25) is 4.79 Å². The van der Waals surface area contributed by atoms with Gasteiger partial charge in [0.25, 0.3) is 0 Å². The van der Waals surface area contributed by atoms with Crippen LogP contribution in [0.25, 0.3) is 0 Å². The summed E-state index contributed by atoms with van der Waals surface area (Å²) in [5.41, 5.74) is 3.12. The molecule has 0 saturated heterocycles. The summed E-state index contributed by atoms with van der Waals surface area (Å²) in [5.74, 6) is -1.43. The lowest BCUT2D eigenvalue weighted by molar-refractivity contribution is -0.140. The highest BCUT2D eigenvalue weighted by Crippen LogP contribution is 2.47. The molecule has 0 radical (unpaired) electrons. The van der Waals surface area contributed by atoms with Crippen LogP contribution in [0.2, 0.25) is 0 Å². The Morgan fingerprint density at radius 3 is 2.44 bits per heavy atom. The van der Waals surface area contributed by atoms with Gasteiger partial charge in [-0.25, -0.2) is 9.18 Å². The lowest BCUT2D eigenvalue weighted by atomic mass is 9.71. The molecule has 7 heteroatoms. The van der Waals surface area contributed by atoms with Crippen LogP contribution in [0.5, 0.6) is 5.75 Å². The highest BCUT2D eigenvalue weighted by Gasteiger charge is 2.42. The highest BCUT2D eigenvalue weighted by molar-refractivity contribution is 6.04. The van der Waals surface area contributed by atoms with Gasteiger partial charge in [0.2, 0.25) is 0 Å². The van der Waals surface area contributed by atoms with Gasteiger partial charge < -0.3 is 19.5 Å². The Hall–Kier alpha value is -3.45. The summed E-state index contributed by atoms with van der Waals surface area (Å²) in [6, 6.07) is 13.9. The summed E-state index contributed by atoms with van der Waals surface area (Å²) >= 11 is 0. The second kappa shape index (κ2) is 10.2. The number of para-hydroxylation sites is 1. The molecule has 2 atom stereocenters. The molecule has 6 nitrogen and oxygen atoms in total. The number of rotatable bonds is 7. The van der Waals surface area contributed by atoms with Gasteiger partial charge in [-0.15, -0.1) is 0 Å². The molecule has 0 aromatic heterocycles. The average Bonchev–Trinajstić information content (AvgIpc) is 2.83. The molecule has 1 N–H and O–H groups in total. The Labute approximate surface area is 198 Å². The maximum absolute atomic E-state index is 15.0. The highest BCUT2D eigenvalue weighted by atomic mass is 19.1. The van der Waals surface area contributed by atoms with E-state index in [1.807, 2.05) is 24.3 Å². The van der Waals surface area contributed by atoms with E-state index in [4.69, 9.17) is 14.2 Å². The summed E-state index contributed by atoms with van der Waals surface area (Å²) in [4.78, 5) is 26.7. The normalized spacial score (nSPS) is 20.1. The maximum Gasteiger partial charge on any atom is 0.336 e. The SMILES string of the molecule is COCCOC(=O)C1=C(C)NC2=C(C(=O)CC(c3ccccc3OC)C2)C1c1ccccc1F. The third-order valence-corrected chi connectivity index (χ3v) is 6.36. The fourth-order valence-corrected chi connectivity index (χ4v) is 4.85. The molecule has 2 unspecified atom stereocenters. The second-order valence-electron chi connectivity index (χ2n) is 8.41. The molecule has 0 amide bonds. The van der Waals surface area contributed by atoms with Crippen molar-refractivity contribution in [3.05, 3.63) is 88.0 Å². The number of halogens is 1. The van der Waals surface area contributed by atoms with Crippen LogP contribution in [0, 0.1) is 5.82 Å². The zero-order chi connectivity index (χ0) is 24.2. The summed E-state index contributed by atoms with van der Waals surface area (Å²) in [6.45, 7) is 2.05. The minimum atomic E-state index is -0.849. The van der Waals surface area contributed by atoms with Crippen molar-refractivity contribution >= 4 is 11.8 Å². The Balaban J connectivity index is 1.77. The van der Waals surface area contributed by atoms with Gasteiger partial charge in [0, 0.05) is 42.0 Å². The van der Waals surface area contributed by atoms with E-state index in [2.05, 4.69) is 5.32 Å². The third-order valence-electron chi connectivity index (χ3n) is 6.36. The lowest BCUT2D eigenvalue weighted by Crippen LogP contribution is -2.36. The predicted molar refractivity (Wildman–Crippen MR) is 125 cm³/mol. The first-order chi connectivity index (χ1) is 16.5. The predicted octanol–water partition coefficient (Wildman–Crippen LogP) is 4.39. The largest absolute Gasteiger partial charge is 0.496 e. The monoisotopic (exact) mass is 465 g/mol. The molecule has 1 aliphatic heterocycles. The van der Waals surface area contributed by atoms with Crippen molar-refractivity contribution < 1.29 is 28.2 Å². The number of benzene rings is 2. The number of methoxy groups -OCH3 is 2. The number of carbonyl (C=O) groups excluding carboxylic acids is 2. The van der Waals surface area contributed by atoms with Crippen LogP contribution in [-0.4, -0.2) is 39.2 Å². The van der Waals surface area contributed by atoms with Crippen molar-refractivity contribution in [1.29, 1.82) is 0 Å². The van der Waals surface area contributed by atoms with Gasteiger partial charge in [-0.05, 0) is 31.0 Å². The van der Waals surface area contributed by atoms with Crippen LogP contribution in [0.3, 0.4) is 0 Å². The molecule has 4 rings (SSSR count). The van der Waals surface area contributed by atoms with Crippen LogP contribution in [0.15, 0.2) is 71.1 Å². The number of esters is 1. The first kappa shape index (κ1) is 23.7. The van der Waals surface area contributed by atoms with Crippen molar-refractivity contribution in [1.82, 2.24) is 5.32 Å². The molecule has 1 heterocycles. The molecule has 2 aromatic carbocycles. The van der Waals surface area contributed by atoms with Crippen molar-refractivity contribution in [2.45, 2.75) is 31.6 Å². The fourth-order valence-electron chi connectivity index (χ4n) is 4.85. The maximum atomic E-state index is 15.0. The van der Waals surface area contributed by atoms with Crippen molar-refractivity contribution in [3.63, 3.8) is 0 Å². The van der Waals surface area contributed by atoms with Gasteiger partial charge in [-0.2, -0.15) is 0 Å². The van der Waals surface area contributed by atoms with Gasteiger partial charge in [0.15, 0.2) is 5.78 Å². The van der Waals surface area contributed by atoms with E-state index in [1.54, 1.807) is 32.2 Å². The quantitative estimate of drug-likeness (QED) is 0.483. The van der Waals surface area contributed by atoms with E-state index in [1.165, 1.54) is 13.2 Å². The molecule has 0 saturated carbocycles. The topological polar surface area (TPSA) is 73.9 Å². The second-order valence-corrected chi connectivity index (χ2v) is 8.41. The summed E-state index contributed by atoms with van der Waals surface area (Å²) < 4.78 is 30.9. The summed E-state index contributed by atoms with van der Waals surface area (Å²) in [5, 5.41) is 3.27. The molecular weight excluding hydrogens is 437 g/mol. The Morgan fingerprint density at radius 2 is 1.74 bits per heavy atom. The number of Topliss-reactive ketones (excluding diaryl/α,β-unsaturated/α-hetero) is 1. The number of dihydropyridines is 1. The molecule has 178 valence electrons. The number of ether oxygens (including phenoxy) is 3. The van der Waals surface area contributed by atoms with E-state index in [0.717, 1.165) is 11.3 Å². The zero-order valence-electron chi connectivity index (χ0n) is 19.5. The van der Waals surface area contributed by atoms with Gasteiger partial charge in [0.05, 0.1) is 25.2 Å². The molecule has 0 bridgehead atoms. The van der Waals surface area contributed by atoms with Crippen LogP contribution in [0.1, 0.15) is 42.7 Å². The fraction of sp³-hybridized carbons (Fsp3) is 0.333. The standard InChI is InChI=1S/C27H28FNO5/c1-16-24(27(31)34-13-12-32-2)25(19-9-4-6-10-20(19)28)26-21(29-16)14-17(15-22(26)30)18-8-5-7-11-23(18)33-3/h4-11,17,25,29H,12-15H2,1-3H3. The number of hydrogen-bond donors (Lipinski definition) is 1. The van der Waals surface area contributed by atoms with Crippen molar-refractivity contribution in [2.75, 3.05) is 27.4 Å². The van der Waals surface area contributed by atoms with Crippen molar-refractivity contribution in [3.8, 4) is 5.75 Å². The lowest BCUT2D eigenvalue weighted by Gasteiger charge is -2.37. The first-order valence-corrected chi connectivity index (χ1v) is 11.2. The van der Waals surface area contributed by atoms with E-state index in [9.17, 15) is 9.59 Å². The van der Waals surface area contributed by atoms with Gasteiger partial charge in [-0.1, -0.05) is 36.4 Å². The van der Waals surface area contributed by atoms with Gasteiger partial charge >= 0.3 is 5.97 Å². The van der Waals surface area contributed by atoms with E-state index in [0.29, 0.717) is 23.4 Å². The summed E-state index contributed by atoms with van der Waals surface area (Å²) in [6.07, 6.45) is 0.770. The van der Waals surface area contributed by atoms with E-state index in [-0.39, 0.29) is 42.5 Å². The molecule has 34 heavy (non-hydrogen) atoms. The third kappa shape index (κ3) is 4.48. The van der Waals surface area contributed by atoms with Gasteiger partial charge in [0.1, 0.15) is 18.2 Å². The number of allylic oxidation sites excluding steroid dienone is 3. The zero-order valence-corrected chi connectivity index (χ0v) is 19.5. The van der Waals surface area contributed by atoms with Crippen LogP contribution in [-0.2, 0) is 19.1 Å². The Morgan fingerprint density at radius 1 is 1.03 bits per heavy atom. The molecule has 0 fully saturated rings. The minimum Gasteiger partial charge on any atom is -0.496 e. The smallest absolute Gasteiger partial charge is 0.336 e. The molecule has 1 aliphatic carbocycles. The molecular formula is C27H28FNO5. The average molecular weight is 466 g/mol. The minimum absolute atomic E-state index is 0.0613. The van der Waals surface area contributed by atoms with Crippen LogP contribution in [0.4, 0.5) is 4.39 Å². The molecule has 0 spiro atoms. The summed E-state index contributed by atoms with van der Waals surface area (Å²) in [7, 11) is 3.12. The van der Waals surface area contributed by atoms with E-state index >= 15 is 4.39 Å². The molecule has 2 aliphatic rings. The number of nitrogens with one attached hydrogen (secondary N) is 1. The Bertz CT molecular complexity index is 1170. The van der Waals surface area contributed by atoms with Crippen LogP contribution >= 0.6 is 0 Å². The Kier molecular flexibility index (Phi) is 7.12. The van der Waals surface area contributed by atoms with E-state index < -0.39 is 17.7 Å². The van der Waals surface area contributed by atoms with Crippen LogP contribution < -0.4 is 10.1 Å². The first-order valence-electron chi connectivity index (χ1n) is 11.2. The number of carbonyl (C=O) groups is 2. The number of ketones is 1. The molecule has 2 aromatic rings. The number of hydrogen-bond acceptors (Lipinski definition) is 6.